The van der Waals surface area contributed by atoms with Crippen LogP contribution < -0.4 is 10.0 Å². The van der Waals surface area contributed by atoms with E-state index in [1.165, 1.54) is 0 Å². The number of halogens is 1. The first-order valence-corrected chi connectivity index (χ1v) is 7.69. The van der Waals surface area contributed by atoms with Crippen LogP contribution in [0.2, 0.25) is 0 Å². The zero-order valence-corrected chi connectivity index (χ0v) is 12.6. The lowest BCUT2D eigenvalue weighted by atomic mass is 9.99. The minimum absolute atomic E-state index is 0. The van der Waals surface area contributed by atoms with Gasteiger partial charge in [0, 0.05) is 12.7 Å². The molecule has 0 unspecified atom stereocenters. The van der Waals surface area contributed by atoms with Crippen molar-refractivity contribution in [3.8, 4) is 0 Å². The van der Waals surface area contributed by atoms with Crippen LogP contribution in [0.25, 0.3) is 0 Å². The van der Waals surface area contributed by atoms with Crippen molar-refractivity contribution in [2.75, 3.05) is 19.6 Å². The van der Waals surface area contributed by atoms with E-state index in [1.807, 2.05) is 6.92 Å². The Morgan fingerprint density at radius 1 is 1.37 bits per heavy atom. The Balaban J connectivity index is 0.00000180. The summed E-state index contributed by atoms with van der Waals surface area (Å²) in [6.07, 6.45) is 3.60. The lowest BCUT2D eigenvalue weighted by molar-refractivity contribution is 0.372. The molecule has 1 aromatic rings. The molecule has 2 heterocycles. The van der Waals surface area contributed by atoms with E-state index >= 15 is 0 Å². The average molecular weight is 306 g/mol. The van der Waals surface area contributed by atoms with E-state index in [-0.39, 0.29) is 17.4 Å². The number of nitrogens with one attached hydrogen (secondary N) is 2. The summed E-state index contributed by atoms with van der Waals surface area (Å²) < 4.78 is 26.6. The molecule has 7 heteroatoms. The van der Waals surface area contributed by atoms with Crippen LogP contribution in [-0.4, -0.2) is 33.0 Å². The lowest BCUT2D eigenvalue weighted by Crippen LogP contribution is -2.36. The highest BCUT2D eigenvalue weighted by Gasteiger charge is 2.19. The molecule has 1 aliphatic heterocycles. The number of hydrogen-bond donors (Lipinski definition) is 2. The predicted octanol–water partition coefficient (Wildman–Crippen LogP) is 1.09. The fourth-order valence-corrected chi connectivity index (χ4v) is 3.04. The van der Waals surface area contributed by atoms with Gasteiger partial charge in [-0.1, -0.05) is 6.07 Å². The third kappa shape index (κ3) is 4.72. The second-order valence-corrected chi connectivity index (χ2v) is 6.43. The summed E-state index contributed by atoms with van der Waals surface area (Å²) in [4.78, 5) is 3.95. The fourth-order valence-electron chi connectivity index (χ4n) is 2.00. The Hall–Kier alpha value is -0.690. The maximum atomic E-state index is 12.0. The molecule has 0 saturated carbocycles. The number of sulfonamides is 1. The maximum absolute atomic E-state index is 12.0. The van der Waals surface area contributed by atoms with Gasteiger partial charge in [0.15, 0.2) is 5.03 Å². The van der Waals surface area contributed by atoms with Crippen molar-refractivity contribution in [2.24, 2.45) is 5.92 Å². The first kappa shape index (κ1) is 16.4. The zero-order valence-electron chi connectivity index (χ0n) is 10.9. The van der Waals surface area contributed by atoms with Gasteiger partial charge in [-0.25, -0.2) is 18.1 Å². The number of aryl methyl sites for hydroxylation is 1. The van der Waals surface area contributed by atoms with Crippen LogP contribution in [0.3, 0.4) is 0 Å². The highest BCUT2D eigenvalue weighted by Crippen LogP contribution is 2.12. The molecule has 0 amide bonds. The predicted molar refractivity (Wildman–Crippen MR) is 77.0 cm³/mol. The molecule has 2 N–H and O–H groups in total. The fraction of sp³-hybridized carbons (Fsp3) is 0.583. The molecule has 5 nitrogen and oxygen atoms in total. The van der Waals surface area contributed by atoms with Gasteiger partial charge in [0.05, 0.1) is 0 Å². The zero-order chi connectivity index (χ0) is 13.0. The Bertz CT molecular complexity index is 484. The van der Waals surface area contributed by atoms with Crippen LogP contribution in [0.1, 0.15) is 18.4 Å². The van der Waals surface area contributed by atoms with Gasteiger partial charge >= 0.3 is 0 Å². The number of hydrogen-bond acceptors (Lipinski definition) is 4. The first-order valence-electron chi connectivity index (χ1n) is 6.21. The summed E-state index contributed by atoms with van der Waals surface area (Å²) in [6, 6.07) is 3.30. The SMILES string of the molecule is Cc1ccc(S(=O)(=O)NCC2CCNCC2)nc1.Cl. The third-order valence-corrected chi connectivity index (χ3v) is 4.52. The average Bonchev–Trinajstić information content (AvgIpc) is 2.38. The van der Waals surface area contributed by atoms with Crippen LogP contribution in [0.4, 0.5) is 0 Å². The standard InChI is InChI=1S/C12H19N3O2S.ClH/c1-10-2-3-12(14-8-10)18(16,17)15-9-11-4-6-13-7-5-11;/h2-3,8,11,13,15H,4-7,9H2,1H3;1H. The van der Waals surface area contributed by atoms with Crippen LogP contribution in [-0.2, 0) is 10.0 Å². The van der Waals surface area contributed by atoms with Gasteiger partial charge in [0.1, 0.15) is 0 Å². The van der Waals surface area contributed by atoms with Crippen molar-refractivity contribution in [3.63, 3.8) is 0 Å². The van der Waals surface area contributed by atoms with Crippen molar-refractivity contribution in [2.45, 2.75) is 24.8 Å². The molecule has 19 heavy (non-hydrogen) atoms. The molecule has 108 valence electrons. The molecular formula is C12H20ClN3O2S. The molecule has 0 aromatic carbocycles. The molecular weight excluding hydrogens is 286 g/mol. The quantitative estimate of drug-likeness (QED) is 0.873. The third-order valence-electron chi connectivity index (χ3n) is 3.18. The second kappa shape index (κ2) is 7.19. The first-order chi connectivity index (χ1) is 8.58. The maximum Gasteiger partial charge on any atom is 0.258 e. The van der Waals surface area contributed by atoms with Gasteiger partial charge in [-0.3, -0.25) is 0 Å². The summed E-state index contributed by atoms with van der Waals surface area (Å²) in [6.45, 7) is 4.32. The number of pyridine rings is 1. The highest BCUT2D eigenvalue weighted by molar-refractivity contribution is 7.89. The van der Waals surface area contributed by atoms with Gasteiger partial charge < -0.3 is 5.32 Å². The van der Waals surface area contributed by atoms with Crippen LogP contribution in [0.15, 0.2) is 23.4 Å². The van der Waals surface area contributed by atoms with E-state index in [1.54, 1.807) is 18.3 Å². The van der Waals surface area contributed by atoms with Crippen molar-refractivity contribution >= 4 is 22.4 Å². The summed E-state index contributed by atoms with van der Waals surface area (Å²) in [5.74, 6) is 0.423. The smallest absolute Gasteiger partial charge is 0.258 e. The number of piperidine rings is 1. The van der Waals surface area contributed by atoms with Crippen molar-refractivity contribution in [1.82, 2.24) is 15.0 Å². The molecule has 1 fully saturated rings. The molecule has 0 atom stereocenters. The summed E-state index contributed by atoms with van der Waals surface area (Å²) in [5, 5.41) is 3.36. The molecule has 0 aliphatic carbocycles. The largest absolute Gasteiger partial charge is 0.317 e. The van der Waals surface area contributed by atoms with Crippen molar-refractivity contribution in [1.29, 1.82) is 0 Å². The molecule has 0 spiro atoms. The van der Waals surface area contributed by atoms with E-state index in [0.717, 1.165) is 31.5 Å². The molecule has 1 saturated heterocycles. The van der Waals surface area contributed by atoms with Crippen LogP contribution in [0, 0.1) is 12.8 Å². The van der Waals surface area contributed by atoms with Crippen molar-refractivity contribution in [3.05, 3.63) is 23.9 Å². The van der Waals surface area contributed by atoms with Crippen molar-refractivity contribution < 1.29 is 8.42 Å². The normalized spacial score (nSPS) is 16.9. The molecule has 1 aromatic heterocycles. The molecule has 0 bridgehead atoms. The number of aromatic nitrogens is 1. The molecule has 0 radical (unpaired) electrons. The van der Waals surface area contributed by atoms with E-state index in [2.05, 4.69) is 15.0 Å². The van der Waals surface area contributed by atoms with E-state index in [4.69, 9.17) is 0 Å². The summed E-state index contributed by atoms with van der Waals surface area (Å²) in [7, 11) is -3.46. The summed E-state index contributed by atoms with van der Waals surface area (Å²) in [5.41, 5.74) is 0.951. The monoisotopic (exact) mass is 305 g/mol. The highest BCUT2D eigenvalue weighted by atomic mass is 35.5. The number of nitrogens with zero attached hydrogens (tertiary/aromatic N) is 1. The topological polar surface area (TPSA) is 71.1 Å². The van der Waals surface area contributed by atoms with Crippen LogP contribution in [0.5, 0.6) is 0 Å². The van der Waals surface area contributed by atoms with E-state index in [9.17, 15) is 8.42 Å². The Labute approximate surface area is 120 Å². The van der Waals surface area contributed by atoms with E-state index < -0.39 is 10.0 Å². The van der Waals surface area contributed by atoms with Gasteiger partial charge in [-0.15, -0.1) is 12.4 Å². The second-order valence-electron chi connectivity index (χ2n) is 4.72. The summed E-state index contributed by atoms with van der Waals surface area (Å²) >= 11 is 0. The number of rotatable bonds is 4. The van der Waals surface area contributed by atoms with Crippen LogP contribution >= 0.6 is 12.4 Å². The lowest BCUT2D eigenvalue weighted by Gasteiger charge is -2.22. The van der Waals surface area contributed by atoms with Gasteiger partial charge in [0.25, 0.3) is 10.0 Å². The van der Waals surface area contributed by atoms with Gasteiger partial charge in [0.2, 0.25) is 0 Å². The Kier molecular flexibility index (Phi) is 6.19. The van der Waals surface area contributed by atoms with E-state index in [0.29, 0.717) is 12.5 Å². The minimum atomic E-state index is -3.46. The Morgan fingerprint density at radius 3 is 2.63 bits per heavy atom. The van der Waals surface area contributed by atoms with Gasteiger partial charge in [-0.05, 0) is 50.4 Å². The molecule has 2 rings (SSSR count). The minimum Gasteiger partial charge on any atom is -0.317 e. The van der Waals surface area contributed by atoms with Gasteiger partial charge in [-0.2, -0.15) is 0 Å². The molecule has 1 aliphatic rings. The Morgan fingerprint density at radius 2 is 2.05 bits per heavy atom.